The summed E-state index contributed by atoms with van der Waals surface area (Å²) in [5.41, 5.74) is 0.980. The van der Waals surface area contributed by atoms with E-state index in [-0.39, 0.29) is 0 Å². The second-order valence-electron chi connectivity index (χ2n) is 6.14. The van der Waals surface area contributed by atoms with Gasteiger partial charge in [0.2, 0.25) is 5.89 Å². The standard InChI is InChI=1S/C17H20N6O2/c1-12-6-9-24-16(12)17-22-21-15(25-17)11-18-10-13-4-3-8-23(13)14-5-2-7-19-20-14/h2,5-7,9,13,18H,3-4,8,10-11H2,1H3/t13-/m1/s1. The average Bonchev–Trinajstić information content (AvgIpc) is 3.36. The minimum Gasteiger partial charge on any atom is -0.459 e. The van der Waals surface area contributed by atoms with Crippen molar-refractivity contribution in [1.29, 1.82) is 0 Å². The summed E-state index contributed by atoms with van der Waals surface area (Å²) in [6.07, 6.45) is 5.60. The van der Waals surface area contributed by atoms with Crippen molar-refractivity contribution in [3.8, 4) is 11.7 Å². The Kier molecular flexibility index (Phi) is 4.43. The Balaban J connectivity index is 1.33. The molecule has 1 aliphatic heterocycles. The van der Waals surface area contributed by atoms with Gasteiger partial charge in [0, 0.05) is 30.9 Å². The molecule has 1 N–H and O–H groups in total. The lowest BCUT2D eigenvalue weighted by atomic mass is 10.2. The van der Waals surface area contributed by atoms with Gasteiger partial charge in [-0.05, 0) is 38.0 Å². The van der Waals surface area contributed by atoms with Gasteiger partial charge < -0.3 is 19.1 Å². The quantitative estimate of drug-likeness (QED) is 0.730. The van der Waals surface area contributed by atoms with Crippen LogP contribution in [0.5, 0.6) is 0 Å². The normalized spacial score (nSPS) is 17.3. The van der Waals surface area contributed by atoms with E-state index in [1.54, 1.807) is 12.5 Å². The topological polar surface area (TPSA) is 93.1 Å². The van der Waals surface area contributed by atoms with Gasteiger partial charge in [0.1, 0.15) is 0 Å². The third-order valence-electron chi connectivity index (χ3n) is 4.41. The number of anilines is 1. The van der Waals surface area contributed by atoms with Crippen LogP contribution in [0.25, 0.3) is 11.7 Å². The first kappa shape index (κ1) is 15.8. The Bertz CT molecular complexity index is 815. The minimum atomic E-state index is 0.395. The maximum absolute atomic E-state index is 5.67. The van der Waals surface area contributed by atoms with Crippen molar-refractivity contribution < 1.29 is 8.83 Å². The molecule has 0 amide bonds. The predicted molar refractivity (Wildman–Crippen MR) is 90.8 cm³/mol. The van der Waals surface area contributed by atoms with Crippen LogP contribution in [0.15, 0.2) is 39.5 Å². The van der Waals surface area contributed by atoms with Crippen LogP contribution in [0, 0.1) is 6.92 Å². The minimum absolute atomic E-state index is 0.395. The van der Waals surface area contributed by atoms with Gasteiger partial charge in [-0.2, -0.15) is 5.10 Å². The number of aromatic nitrogens is 4. The molecule has 0 aliphatic carbocycles. The molecule has 3 aromatic rings. The smallest absolute Gasteiger partial charge is 0.283 e. The number of hydrogen-bond acceptors (Lipinski definition) is 8. The monoisotopic (exact) mass is 340 g/mol. The Hall–Kier alpha value is -2.74. The third kappa shape index (κ3) is 3.39. The largest absolute Gasteiger partial charge is 0.459 e. The van der Waals surface area contributed by atoms with Gasteiger partial charge >= 0.3 is 0 Å². The summed E-state index contributed by atoms with van der Waals surface area (Å²) in [6, 6.07) is 6.19. The van der Waals surface area contributed by atoms with Crippen molar-refractivity contribution in [2.75, 3.05) is 18.0 Å². The van der Waals surface area contributed by atoms with Crippen molar-refractivity contribution in [2.24, 2.45) is 0 Å². The third-order valence-corrected chi connectivity index (χ3v) is 4.41. The van der Waals surface area contributed by atoms with Crippen molar-refractivity contribution in [3.05, 3.63) is 42.1 Å². The molecule has 0 aromatic carbocycles. The molecular weight excluding hydrogens is 320 g/mol. The SMILES string of the molecule is Cc1ccoc1-c1nnc(CNC[C@H]2CCCN2c2cccnn2)o1. The summed E-state index contributed by atoms with van der Waals surface area (Å²) in [5, 5.41) is 19.7. The first-order valence-corrected chi connectivity index (χ1v) is 8.43. The van der Waals surface area contributed by atoms with E-state index in [0.29, 0.717) is 30.1 Å². The summed E-state index contributed by atoms with van der Waals surface area (Å²) in [6.45, 7) is 4.31. The summed E-state index contributed by atoms with van der Waals surface area (Å²) in [4.78, 5) is 2.30. The lowest BCUT2D eigenvalue weighted by Crippen LogP contribution is -2.38. The summed E-state index contributed by atoms with van der Waals surface area (Å²) in [7, 11) is 0. The van der Waals surface area contributed by atoms with Crippen LogP contribution in [0.4, 0.5) is 5.82 Å². The first-order valence-electron chi connectivity index (χ1n) is 8.43. The molecule has 0 spiro atoms. The number of furan rings is 1. The van der Waals surface area contributed by atoms with Crippen LogP contribution in [0.3, 0.4) is 0 Å². The maximum Gasteiger partial charge on any atom is 0.283 e. The molecule has 1 fully saturated rings. The van der Waals surface area contributed by atoms with Gasteiger partial charge in [-0.3, -0.25) is 0 Å². The Morgan fingerprint density at radius 2 is 2.24 bits per heavy atom. The van der Waals surface area contributed by atoms with Crippen LogP contribution in [0.1, 0.15) is 24.3 Å². The number of nitrogens with one attached hydrogen (secondary N) is 1. The van der Waals surface area contributed by atoms with E-state index in [0.717, 1.165) is 37.3 Å². The van der Waals surface area contributed by atoms with Gasteiger partial charge in [-0.1, -0.05) is 0 Å². The number of aryl methyl sites for hydroxylation is 1. The zero-order chi connectivity index (χ0) is 17.1. The van der Waals surface area contributed by atoms with E-state index in [1.807, 2.05) is 25.1 Å². The molecule has 0 saturated carbocycles. The molecule has 1 aliphatic rings. The molecule has 8 nitrogen and oxygen atoms in total. The van der Waals surface area contributed by atoms with E-state index < -0.39 is 0 Å². The highest BCUT2D eigenvalue weighted by Crippen LogP contribution is 2.24. The van der Waals surface area contributed by atoms with Gasteiger partial charge in [0.25, 0.3) is 5.89 Å². The molecule has 0 bridgehead atoms. The molecule has 1 saturated heterocycles. The number of hydrogen-bond donors (Lipinski definition) is 1. The fraction of sp³-hybridized carbons (Fsp3) is 0.412. The van der Waals surface area contributed by atoms with Crippen LogP contribution in [0.2, 0.25) is 0 Å². The Morgan fingerprint density at radius 3 is 3.04 bits per heavy atom. The van der Waals surface area contributed by atoms with Crippen molar-refractivity contribution in [1.82, 2.24) is 25.7 Å². The Morgan fingerprint density at radius 1 is 1.28 bits per heavy atom. The molecule has 8 heteroatoms. The van der Waals surface area contributed by atoms with E-state index >= 15 is 0 Å². The Labute approximate surface area is 145 Å². The van der Waals surface area contributed by atoms with Gasteiger partial charge in [-0.15, -0.1) is 15.3 Å². The molecule has 4 rings (SSSR count). The number of rotatable bonds is 6. The van der Waals surface area contributed by atoms with Crippen molar-refractivity contribution >= 4 is 5.82 Å². The van der Waals surface area contributed by atoms with Crippen molar-refractivity contribution in [3.63, 3.8) is 0 Å². The molecule has 0 radical (unpaired) electrons. The van der Waals surface area contributed by atoms with Crippen molar-refractivity contribution in [2.45, 2.75) is 32.4 Å². The van der Waals surface area contributed by atoms with Gasteiger partial charge in [0.05, 0.1) is 12.8 Å². The molecule has 0 unspecified atom stereocenters. The second kappa shape index (κ2) is 7.02. The van der Waals surface area contributed by atoms with E-state index in [4.69, 9.17) is 8.83 Å². The fourth-order valence-electron chi connectivity index (χ4n) is 3.15. The maximum atomic E-state index is 5.67. The zero-order valence-corrected chi connectivity index (χ0v) is 14.1. The molecule has 3 aromatic heterocycles. The molecule has 1 atom stereocenters. The lowest BCUT2D eigenvalue weighted by molar-refractivity contribution is 0.452. The van der Waals surface area contributed by atoms with E-state index in [1.165, 1.54) is 0 Å². The van der Waals surface area contributed by atoms with Gasteiger partial charge in [-0.25, -0.2) is 0 Å². The first-order chi connectivity index (χ1) is 12.3. The van der Waals surface area contributed by atoms with Crippen LogP contribution in [-0.2, 0) is 6.54 Å². The molecule has 130 valence electrons. The molecular formula is C17H20N6O2. The molecule has 4 heterocycles. The zero-order valence-electron chi connectivity index (χ0n) is 14.1. The fourth-order valence-corrected chi connectivity index (χ4v) is 3.15. The second-order valence-corrected chi connectivity index (χ2v) is 6.14. The van der Waals surface area contributed by atoms with Gasteiger partial charge in [0.15, 0.2) is 11.6 Å². The lowest BCUT2D eigenvalue weighted by Gasteiger charge is -2.25. The molecule has 25 heavy (non-hydrogen) atoms. The van der Waals surface area contributed by atoms with E-state index in [2.05, 4.69) is 30.6 Å². The highest BCUT2D eigenvalue weighted by atomic mass is 16.4. The number of nitrogens with zero attached hydrogens (tertiary/aromatic N) is 5. The summed E-state index contributed by atoms with van der Waals surface area (Å²) >= 11 is 0. The van der Waals surface area contributed by atoms with Crippen LogP contribution < -0.4 is 10.2 Å². The highest BCUT2D eigenvalue weighted by molar-refractivity contribution is 5.49. The van der Waals surface area contributed by atoms with Crippen LogP contribution >= 0.6 is 0 Å². The van der Waals surface area contributed by atoms with Crippen LogP contribution in [-0.4, -0.2) is 39.5 Å². The average molecular weight is 340 g/mol. The highest BCUT2D eigenvalue weighted by Gasteiger charge is 2.25. The summed E-state index contributed by atoms with van der Waals surface area (Å²) < 4.78 is 11.0. The van der Waals surface area contributed by atoms with E-state index in [9.17, 15) is 0 Å². The summed E-state index contributed by atoms with van der Waals surface area (Å²) in [5.74, 6) is 2.53. The predicted octanol–water partition coefficient (Wildman–Crippen LogP) is 2.19.